The number of alkyl halides is 1. The number of hydrogen-bond acceptors (Lipinski definition) is 2. The molecule has 0 saturated heterocycles. The van der Waals surface area contributed by atoms with Crippen molar-refractivity contribution < 1.29 is 0 Å². The fourth-order valence-corrected chi connectivity index (χ4v) is 3.85. The van der Waals surface area contributed by atoms with Crippen molar-refractivity contribution in [1.29, 1.82) is 0 Å². The molecule has 5 heteroatoms. The standard InChI is InChI=1S/C15H23ClN4/c1-10-14-15(19(3)18-10)20(13(17-14)8-9-16)11(2)12-6-4-5-7-12/h11-12H,4-9H2,1-3H3. The third kappa shape index (κ3) is 2.14. The van der Waals surface area contributed by atoms with Gasteiger partial charge in [0.1, 0.15) is 11.3 Å². The minimum Gasteiger partial charge on any atom is -0.310 e. The van der Waals surface area contributed by atoms with Crippen LogP contribution in [0.1, 0.15) is 50.2 Å². The van der Waals surface area contributed by atoms with Gasteiger partial charge >= 0.3 is 0 Å². The van der Waals surface area contributed by atoms with E-state index < -0.39 is 0 Å². The van der Waals surface area contributed by atoms with E-state index in [1.807, 2.05) is 18.7 Å². The molecule has 1 unspecified atom stereocenters. The second-order valence-corrected chi connectivity index (χ2v) is 6.38. The van der Waals surface area contributed by atoms with Crippen LogP contribution in [0.2, 0.25) is 0 Å². The van der Waals surface area contributed by atoms with Gasteiger partial charge < -0.3 is 4.57 Å². The van der Waals surface area contributed by atoms with Gasteiger partial charge in [0.25, 0.3) is 0 Å². The number of nitrogens with zero attached hydrogens (tertiary/aromatic N) is 4. The first-order chi connectivity index (χ1) is 9.63. The molecule has 2 aromatic rings. The Balaban J connectivity index is 2.12. The largest absolute Gasteiger partial charge is 0.310 e. The summed E-state index contributed by atoms with van der Waals surface area (Å²) in [6, 6.07) is 0.482. The second kappa shape index (κ2) is 5.40. The number of aryl methyl sites for hydroxylation is 3. The lowest BCUT2D eigenvalue weighted by Crippen LogP contribution is -2.18. The number of halogens is 1. The molecule has 0 aliphatic heterocycles. The molecular formula is C15H23ClN4. The number of hydrogen-bond donors (Lipinski definition) is 0. The van der Waals surface area contributed by atoms with Crippen molar-refractivity contribution in [3.8, 4) is 0 Å². The van der Waals surface area contributed by atoms with Crippen molar-refractivity contribution in [2.24, 2.45) is 13.0 Å². The average Bonchev–Trinajstić information content (AvgIpc) is 3.09. The summed E-state index contributed by atoms with van der Waals surface area (Å²) < 4.78 is 4.37. The molecule has 2 heterocycles. The van der Waals surface area contributed by atoms with Crippen LogP contribution in [-0.4, -0.2) is 25.2 Å². The normalized spacial score (nSPS) is 18.2. The van der Waals surface area contributed by atoms with Gasteiger partial charge in [0.05, 0.1) is 5.69 Å². The van der Waals surface area contributed by atoms with E-state index in [1.54, 1.807) is 0 Å². The number of aromatic nitrogens is 4. The summed E-state index contributed by atoms with van der Waals surface area (Å²) in [5.74, 6) is 2.50. The topological polar surface area (TPSA) is 35.6 Å². The van der Waals surface area contributed by atoms with Crippen molar-refractivity contribution in [2.45, 2.75) is 52.0 Å². The fraction of sp³-hybridized carbons (Fsp3) is 0.733. The molecule has 1 aliphatic carbocycles. The molecule has 1 aliphatic rings. The molecule has 4 nitrogen and oxygen atoms in total. The zero-order valence-corrected chi connectivity index (χ0v) is 13.3. The molecule has 0 aromatic carbocycles. The Bertz CT molecular complexity index is 607. The average molecular weight is 295 g/mol. The highest BCUT2D eigenvalue weighted by Gasteiger charge is 2.27. The Morgan fingerprint density at radius 1 is 1.35 bits per heavy atom. The van der Waals surface area contributed by atoms with Crippen LogP contribution in [0.25, 0.3) is 11.2 Å². The molecule has 2 aromatic heterocycles. The van der Waals surface area contributed by atoms with Crippen molar-refractivity contribution in [3.05, 3.63) is 11.5 Å². The van der Waals surface area contributed by atoms with Crippen LogP contribution in [0.15, 0.2) is 0 Å². The van der Waals surface area contributed by atoms with Gasteiger partial charge in [-0.25, -0.2) is 4.98 Å². The van der Waals surface area contributed by atoms with Gasteiger partial charge in [-0.3, -0.25) is 4.68 Å². The molecule has 0 radical (unpaired) electrons. The highest BCUT2D eigenvalue weighted by atomic mass is 35.5. The predicted octanol–water partition coefficient (Wildman–Crippen LogP) is 3.61. The van der Waals surface area contributed by atoms with Gasteiger partial charge in [0, 0.05) is 25.4 Å². The van der Waals surface area contributed by atoms with Crippen LogP contribution < -0.4 is 0 Å². The number of rotatable bonds is 4. The van der Waals surface area contributed by atoms with Crippen molar-refractivity contribution in [2.75, 3.05) is 5.88 Å². The Morgan fingerprint density at radius 3 is 2.70 bits per heavy atom. The molecule has 20 heavy (non-hydrogen) atoms. The Kier molecular flexibility index (Phi) is 3.76. The molecule has 1 fully saturated rings. The predicted molar refractivity (Wildman–Crippen MR) is 82.3 cm³/mol. The molecule has 1 saturated carbocycles. The Morgan fingerprint density at radius 2 is 2.05 bits per heavy atom. The zero-order valence-electron chi connectivity index (χ0n) is 12.6. The lowest BCUT2D eigenvalue weighted by Gasteiger charge is -2.23. The number of fused-ring (bicyclic) bond motifs is 1. The summed E-state index contributed by atoms with van der Waals surface area (Å²) in [5, 5.41) is 4.52. The summed E-state index contributed by atoms with van der Waals surface area (Å²) in [4.78, 5) is 4.81. The maximum absolute atomic E-state index is 5.97. The van der Waals surface area contributed by atoms with Gasteiger partial charge in [-0.15, -0.1) is 11.6 Å². The highest BCUT2D eigenvalue weighted by Crippen LogP contribution is 2.36. The van der Waals surface area contributed by atoms with Crippen molar-refractivity contribution in [3.63, 3.8) is 0 Å². The van der Waals surface area contributed by atoms with Gasteiger partial charge in [-0.1, -0.05) is 12.8 Å². The highest BCUT2D eigenvalue weighted by molar-refractivity contribution is 6.17. The molecule has 0 bridgehead atoms. The summed E-state index contributed by atoms with van der Waals surface area (Å²) >= 11 is 5.97. The quantitative estimate of drug-likeness (QED) is 0.808. The van der Waals surface area contributed by atoms with Gasteiger partial charge in [0.15, 0.2) is 5.65 Å². The summed E-state index contributed by atoms with van der Waals surface area (Å²) in [6.07, 6.45) is 6.22. The van der Waals surface area contributed by atoms with E-state index in [0.29, 0.717) is 11.9 Å². The lowest BCUT2D eigenvalue weighted by molar-refractivity contribution is 0.356. The van der Waals surface area contributed by atoms with E-state index >= 15 is 0 Å². The maximum atomic E-state index is 5.97. The van der Waals surface area contributed by atoms with Gasteiger partial charge in [0.2, 0.25) is 0 Å². The van der Waals surface area contributed by atoms with E-state index in [2.05, 4.69) is 16.6 Å². The van der Waals surface area contributed by atoms with Crippen molar-refractivity contribution >= 4 is 22.8 Å². The molecule has 0 amide bonds. The molecule has 0 N–H and O–H groups in total. The summed E-state index contributed by atoms with van der Waals surface area (Å²) in [5.41, 5.74) is 3.20. The second-order valence-electron chi connectivity index (χ2n) is 6.00. The van der Waals surface area contributed by atoms with E-state index in [-0.39, 0.29) is 0 Å². The molecule has 110 valence electrons. The third-order valence-electron chi connectivity index (χ3n) is 4.72. The summed E-state index contributed by atoms with van der Waals surface area (Å²) in [7, 11) is 2.01. The smallest absolute Gasteiger partial charge is 0.158 e. The molecule has 0 spiro atoms. The SMILES string of the molecule is Cc1nn(C)c2c1nc(CCCl)n2C(C)C1CCCC1. The van der Waals surface area contributed by atoms with E-state index in [9.17, 15) is 0 Å². The summed E-state index contributed by atoms with van der Waals surface area (Å²) in [6.45, 7) is 4.36. The third-order valence-corrected chi connectivity index (χ3v) is 4.90. The first kappa shape index (κ1) is 13.9. The van der Waals surface area contributed by atoms with Gasteiger partial charge in [-0.05, 0) is 32.6 Å². The van der Waals surface area contributed by atoms with Crippen LogP contribution in [0.4, 0.5) is 0 Å². The van der Waals surface area contributed by atoms with E-state index in [4.69, 9.17) is 16.6 Å². The van der Waals surface area contributed by atoms with Crippen LogP contribution in [0.5, 0.6) is 0 Å². The fourth-order valence-electron chi connectivity index (χ4n) is 3.68. The lowest BCUT2D eigenvalue weighted by atomic mass is 9.99. The van der Waals surface area contributed by atoms with Crippen LogP contribution >= 0.6 is 11.6 Å². The first-order valence-corrected chi connectivity index (χ1v) is 8.13. The number of imidazole rings is 1. The van der Waals surface area contributed by atoms with Gasteiger partial charge in [-0.2, -0.15) is 5.10 Å². The van der Waals surface area contributed by atoms with E-state index in [1.165, 1.54) is 25.7 Å². The molecular weight excluding hydrogens is 272 g/mol. The monoisotopic (exact) mass is 294 g/mol. The Hall–Kier alpha value is -1.03. The molecule has 1 atom stereocenters. The Labute approximate surface area is 125 Å². The van der Waals surface area contributed by atoms with Crippen LogP contribution in [-0.2, 0) is 13.5 Å². The van der Waals surface area contributed by atoms with E-state index in [0.717, 1.165) is 35.0 Å². The van der Waals surface area contributed by atoms with Crippen LogP contribution in [0, 0.1) is 12.8 Å². The molecule has 3 rings (SSSR count). The minimum atomic E-state index is 0.482. The van der Waals surface area contributed by atoms with Crippen molar-refractivity contribution in [1.82, 2.24) is 19.3 Å². The van der Waals surface area contributed by atoms with Crippen LogP contribution in [0.3, 0.4) is 0 Å². The maximum Gasteiger partial charge on any atom is 0.158 e. The minimum absolute atomic E-state index is 0.482. The first-order valence-electron chi connectivity index (χ1n) is 7.60. The zero-order chi connectivity index (χ0) is 14.3.